The maximum Gasteiger partial charge on any atom is 0.243 e. The Morgan fingerprint density at radius 1 is 1.15 bits per heavy atom. The smallest absolute Gasteiger partial charge is 0.243 e. The van der Waals surface area contributed by atoms with Gasteiger partial charge in [-0.2, -0.15) is 0 Å². The number of furan rings is 1. The molecule has 0 radical (unpaired) electrons. The highest BCUT2D eigenvalue weighted by Crippen LogP contribution is 2.19. The molecule has 10 heteroatoms. The molecule has 1 aromatic heterocycles. The van der Waals surface area contributed by atoms with E-state index < -0.39 is 28.5 Å². The summed E-state index contributed by atoms with van der Waals surface area (Å²) in [6.45, 7) is 4.24. The van der Waals surface area contributed by atoms with Gasteiger partial charge in [0.2, 0.25) is 21.8 Å². The monoisotopic (exact) mass is 477 g/mol. The quantitative estimate of drug-likeness (QED) is 0.510. The molecular formula is C23H31N3O6S. The van der Waals surface area contributed by atoms with Crippen molar-refractivity contribution in [3.63, 3.8) is 0 Å². The Bertz CT molecular complexity index is 1000. The van der Waals surface area contributed by atoms with Crippen LogP contribution < -0.4 is 10.0 Å². The van der Waals surface area contributed by atoms with E-state index in [4.69, 9.17) is 9.15 Å². The number of rotatable bonds is 11. The second-order valence-corrected chi connectivity index (χ2v) is 10.1. The number of amides is 2. The lowest BCUT2D eigenvalue weighted by Crippen LogP contribution is -2.56. The van der Waals surface area contributed by atoms with Crippen LogP contribution in [0.5, 0.6) is 0 Å². The molecule has 2 atom stereocenters. The molecule has 0 bridgehead atoms. The molecule has 2 N–H and O–H groups in total. The topological polar surface area (TPSA) is 118 Å². The maximum absolute atomic E-state index is 13.2. The second-order valence-electron chi connectivity index (χ2n) is 8.30. The van der Waals surface area contributed by atoms with Gasteiger partial charge in [0, 0.05) is 13.2 Å². The van der Waals surface area contributed by atoms with Crippen molar-refractivity contribution in [2.24, 2.45) is 5.92 Å². The summed E-state index contributed by atoms with van der Waals surface area (Å²) in [6, 6.07) is 10.5. The fourth-order valence-electron chi connectivity index (χ4n) is 3.82. The minimum absolute atomic E-state index is 0.0695. The summed E-state index contributed by atoms with van der Waals surface area (Å²) in [5, 5.41) is 2.82. The lowest BCUT2D eigenvalue weighted by atomic mass is 10.00. The minimum Gasteiger partial charge on any atom is -0.467 e. The van der Waals surface area contributed by atoms with Gasteiger partial charge in [-0.25, -0.2) is 13.1 Å². The molecule has 2 aromatic rings. The molecule has 9 nitrogen and oxygen atoms in total. The molecule has 180 valence electrons. The molecular weight excluding hydrogens is 446 g/mol. The van der Waals surface area contributed by atoms with Crippen molar-refractivity contribution in [3.8, 4) is 0 Å². The zero-order valence-electron chi connectivity index (χ0n) is 18.9. The Morgan fingerprint density at radius 3 is 2.52 bits per heavy atom. The van der Waals surface area contributed by atoms with Gasteiger partial charge >= 0.3 is 0 Å². The molecule has 0 aliphatic carbocycles. The third-order valence-corrected chi connectivity index (χ3v) is 6.88. The highest BCUT2D eigenvalue weighted by Gasteiger charge is 2.35. The summed E-state index contributed by atoms with van der Waals surface area (Å²) in [7, 11) is -3.86. The second kappa shape index (κ2) is 11.4. The summed E-state index contributed by atoms with van der Waals surface area (Å²) in [5.74, 6) is -0.438. The molecule has 2 amide bonds. The van der Waals surface area contributed by atoms with Crippen LogP contribution in [0.15, 0.2) is 58.0 Å². The summed E-state index contributed by atoms with van der Waals surface area (Å²) in [6.07, 6.45) is 2.98. The standard InChI is InChI=1S/C23H31N3O6S/c1-17(2)22(23(28)24-14-18-8-6-12-31-18)26(16-19-9-7-13-32-19)21(27)15-25-33(29,30)20-10-4-3-5-11-20/h3-6,8,10-12,17,19,22,25H,7,9,13-16H2,1-2H3,(H,24,28)/t19-,22-/m0/s1. The van der Waals surface area contributed by atoms with E-state index in [9.17, 15) is 18.0 Å². The van der Waals surface area contributed by atoms with Crippen molar-refractivity contribution < 1.29 is 27.2 Å². The van der Waals surface area contributed by atoms with Crippen molar-refractivity contribution in [3.05, 3.63) is 54.5 Å². The Hall–Kier alpha value is -2.69. The van der Waals surface area contributed by atoms with Crippen molar-refractivity contribution in [2.45, 2.75) is 50.3 Å². The summed E-state index contributed by atoms with van der Waals surface area (Å²) in [4.78, 5) is 27.8. The lowest BCUT2D eigenvalue weighted by Gasteiger charge is -2.35. The summed E-state index contributed by atoms with van der Waals surface area (Å²) in [5.41, 5.74) is 0. The number of sulfonamides is 1. The first kappa shape index (κ1) is 24.9. The van der Waals surface area contributed by atoms with Crippen molar-refractivity contribution in [1.29, 1.82) is 0 Å². The first-order valence-electron chi connectivity index (χ1n) is 11.0. The van der Waals surface area contributed by atoms with Crippen LogP contribution in [0.1, 0.15) is 32.4 Å². The fourth-order valence-corrected chi connectivity index (χ4v) is 4.81. The third-order valence-electron chi connectivity index (χ3n) is 5.46. The van der Waals surface area contributed by atoms with E-state index in [1.807, 2.05) is 13.8 Å². The number of carbonyl (C=O) groups is 2. The van der Waals surface area contributed by atoms with E-state index in [0.29, 0.717) is 12.4 Å². The van der Waals surface area contributed by atoms with E-state index in [1.54, 1.807) is 30.3 Å². The highest BCUT2D eigenvalue weighted by molar-refractivity contribution is 7.89. The summed E-state index contributed by atoms with van der Waals surface area (Å²) < 4.78 is 38.5. The van der Waals surface area contributed by atoms with Crippen LogP contribution in [0.4, 0.5) is 0 Å². The number of benzene rings is 1. The van der Waals surface area contributed by atoms with E-state index in [2.05, 4.69) is 10.0 Å². The molecule has 0 saturated carbocycles. The van der Waals surface area contributed by atoms with Crippen LogP contribution in [0.25, 0.3) is 0 Å². The van der Waals surface area contributed by atoms with Crippen molar-refractivity contribution in [1.82, 2.24) is 14.9 Å². The first-order chi connectivity index (χ1) is 15.8. The molecule has 1 aliphatic rings. The van der Waals surface area contributed by atoms with Crippen LogP contribution in [0, 0.1) is 5.92 Å². The average Bonchev–Trinajstić information content (AvgIpc) is 3.50. The highest BCUT2D eigenvalue weighted by atomic mass is 32.2. The van der Waals surface area contributed by atoms with Crippen molar-refractivity contribution in [2.75, 3.05) is 19.7 Å². The first-order valence-corrected chi connectivity index (χ1v) is 12.5. The van der Waals surface area contributed by atoms with E-state index >= 15 is 0 Å². The third kappa shape index (κ3) is 6.89. The molecule has 33 heavy (non-hydrogen) atoms. The van der Waals surface area contributed by atoms with Gasteiger partial charge < -0.3 is 19.4 Å². The minimum atomic E-state index is -3.86. The number of hydrogen-bond acceptors (Lipinski definition) is 6. The van der Waals surface area contributed by atoms with E-state index in [1.165, 1.54) is 23.3 Å². The van der Waals surface area contributed by atoms with Crippen molar-refractivity contribution >= 4 is 21.8 Å². The predicted molar refractivity (Wildman–Crippen MR) is 121 cm³/mol. The molecule has 1 aromatic carbocycles. The zero-order chi connectivity index (χ0) is 23.8. The zero-order valence-corrected chi connectivity index (χ0v) is 19.7. The average molecular weight is 478 g/mol. The molecule has 2 heterocycles. The Balaban J connectivity index is 1.74. The van der Waals surface area contributed by atoms with E-state index in [0.717, 1.165) is 12.8 Å². The van der Waals surface area contributed by atoms with Crippen LogP contribution in [0.3, 0.4) is 0 Å². The number of ether oxygens (including phenoxy) is 1. The van der Waals surface area contributed by atoms with Gasteiger partial charge in [0.15, 0.2) is 0 Å². The normalized spacial score (nSPS) is 17.1. The van der Waals surface area contributed by atoms with Gasteiger partial charge in [-0.05, 0) is 43.0 Å². The van der Waals surface area contributed by atoms with Gasteiger partial charge in [-0.1, -0.05) is 32.0 Å². The van der Waals surface area contributed by atoms with Gasteiger partial charge in [0.05, 0.1) is 30.4 Å². The van der Waals surface area contributed by atoms with Crippen LogP contribution in [-0.4, -0.2) is 57.0 Å². The molecule has 1 aliphatic heterocycles. The molecule has 1 saturated heterocycles. The van der Waals surface area contributed by atoms with Crippen LogP contribution in [-0.2, 0) is 30.9 Å². The lowest BCUT2D eigenvalue weighted by molar-refractivity contribution is -0.143. The van der Waals surface area contributed by atoms with Crippen LogP contribution in [0.2, 0.25) is 0 Å². The van der Waals surface area contributed by atoms with E-state index in [-0.39, 0.29) is 35.9 Å². The number of carbonyl (C=O) groups excluding carboxylic acids is 2. The van der Waals surface area contributed by atoms with Gasteiger partial charge in [0.25, 0.3) is 0 Å². The van der Waals surface area contributed by atoms with Crippen LogP contribution >= 0.6 is 0 Å². The number of nitrogens with one attached hydrogen (secondary N) is 2. The Morgan fingerprint density at radius 2 is 1.91 bits per heavy atom. The van der Waals surface area contributed by atoms with Gasteiger partial charge in [0.1, 0.15) is 11.8 Å². The molecule has 3 rings (SSSR count). The van der Waals surface area contributed by atoms with Gasteiger partial charge in [-0.15, -0.1) is 0 Å². The fraction of sp³-hybridized carbons (Fsp3) is 0.478. The maximum atomic E-state index is 13.2. The molecule has 0 spiro atoms. The number of hydrogen-bond donors (Lipinski definition) is 2. The number of nitrogens with zero attached hydrogens (tertiary/aromatic N) is 1. The Kier molecular flexibility index (Phi) is 8.65. The SMILES string of the molecule is CC(C)[C@@H](C(=O)NCc1ccco1)N(C[C@@H]1CCCO1)C(=O)CNS(=O)(=O)c1ccccc1. The summed E-state index contributed by atoms with van der Waals surface area (Å²) >= 11 is 0. The Labute approximate surface area is 194 Å². The van der Waals surface area contributed by atoms with Gasteiger partial charge in [-0.3, -0.25) is 9.59 Å². The largest absolute Gasteiger partial charge is 0.467 e. The predicted octanol–water partition coefficient (Wildman–Crippen LogP) is 1.91. The molecule has 0 unspecified atom stereocenters. The molecule has 1 fully saturated rings.